The minimum atomic E-state index is -0.0748. The summed E-state index contributed by atoms with van der Waals surface area (Å²) in [7, 11) is 0. The summed E-state index contributed by atoms with van der Waals surface area (Å²) in [6, 6.07) is 14.0. The van der Waals surface area contributed by atoms with Gasteiger partial charge in [0.25, 0.3) is 0 Å². The van der Waals surface area contributed by atoms with Crippen LogP contribution in [0.1, 0.15) is 113 Å². The molecule has 0 saturated carbocycles. The molecule has 4 aliphatic rings. The Morgan fingerprint density at radius 2 is 1.57 bits per heavy atom. The molecule has 4 aliphatic carbocycles. The first-order valence-corrected chi connectivity index (χ1v) is 16.2. The van der Waals surface area contributed by atoms with E-state index in [-0.39, 0.29) is 67.3 Å². The Kier molecular flexibility index (Phi) is 9.86. The zero-order chi connectivity index (χ0) is 30.6. The monoisotopic (exact) mass is 721 g/mol. The zero-order valence-corrected chi connectivity index (χ0v) is 32.9. The third-order valence-corrected chi connectivity index (χ3v) is 10.5. The van der Waals surface area contributed by atoms with E-state index in [9.17, 15) is 0 Å². The Hall–Kier alpha value is -2.18. The average molecular weight is 724 g/mol. The van der Waals surface area contributed by atoms with Gasteiger partial charge in [-0.05, 0) is 64.7 Å². The van der Waals surface area contributed by atoms with Crippen molar-refractivity contribution in [3.05, 3.63) is 132 Å². The Morgan fingerprint density at radius 1 is 0.913 bits per heavy atom. The maximum Gasteiger partial charge on any atom is 3.00 e. The van der Waals surface area contributed by atoms with Crippen LogP contribution in [0.2, 0.25) is 0 Å². The van der Waals surface area contributed by atoms with Crippen LogP contribution in [0.3, 0.4) is 0 Å². The van der Waals surface area contributed by atoms with Crippen molar-refractivity contribution in [2.24, 2.45) is 11.3 Å². The number of allylic oxidation sites excluding steroid dienone is 6. The second-order valence-corrected chi connectivity index (χ2v) is 15.5. The molecule has 0 N–H and O–H groups in total. The average Bonchev–Trinajstić information content (AvgIpc) is 3.69. The number of aryl methyl sites for hydroxylation is 1. The fourth-order valence-electron chi connectivity index (χ4n) is 7.84. The summed E-state index contributed by atoms with van der Waals surface area (Å²) in [6.45, 7) is 23.3. The molecule has 1 unspecified atom stereocenters. The summed E-state index contributed by atoms with van der Waals surface area (Å²) in [5, 5.41) is 5.31. The van der Waals surface area contributed by atoms with E-state index < -0.39 is 0 Å². The molecule has 0 heterocycles. The first kappa shape index (κ1) is 36.7. The van der Waals surface area contributed by atoms with Crippen molar-refractivity contribution < 1.29 is 51.0 Å². The predicted octanol–water partition coefficient (Wildman–Crippen LogP) is 3.53. The summed E-state index contributed by atoms with van der Waals surface area (Å²) < 4.78 is 0. The van der Waals surface area contributed by atoms with E-state index in [0.717, 1.165) is 6.42 Å². The van der Waals surface area contributed by atoms with Gasteiger partial charge in [0.1, 0.15) is 0 Å². The van der Waals surface area contributed by atoms with Gasteiger partial charge in [-0.3, -0.25) is 0 Å². The molecule has 0 saturated heterocycles. The van der Waals surface area contributed by atoms with E-state index in [2.05, 4.69) is 148 Å². The van der Waals surface area contributed by atoms with Gasteiger partial charge in [0.15, 0.2) is 0 Å². The number of benzene rings is 3. The number of hydrogen-bond acceptors (Lipinski definition) is 0. The maximum absolute atomic E-state index is 4.08. The standard InChI is InChI=1S/C43H45.2ClH.Zr/c1-11-27-20-31(41(4,5)6)24-34(27)39-35-22-30-23-36-29(16-18-42(36,7)8)21-33(30)38(35)37(32-17-19-43(9,10)40(32)39)26(3)28-14-12-25(2)13-15-28;;;/h12-21,23-24,27H,11H2,1-10H3;2*1H;/q-1;;;+3/p-2. The predicted molar refractivity (Wildman–Crippen MR) is 185 cm³/mol. The first-order chi connectivity index (χ1) is 20.2. The van der Waals surface area contributed by atoms with Crippen molar-refractivity contribution in [3.63, 3.8) is 0 Å². The quantitative estimate of drug-likeness (QED) is 0.284. The smallest absolute Gasteiger partial charge is 1.00 e. The van der Waals surface area contributed by atoms with E-state index >= 15 is 0 Å². The number of fused-ring (bicyclic) bond motifs is 4. The van der Waals surface area contributed by atoms with Crippen molar-refractivity contribution in [3.8, 4) is 0 Å². The molecule has 0 aliphatic heterocycles. The molecule has 1 radical (unpaired) electrons. The normalized spacial score (nSPS) is 19.4. The first-order valence-electron chi connectivity index (χ1n) is 16.2. The van der Waals surface area contributed by atoms with Crippen LogP contribution in [0.25, 0.3) is 29.4 Å². The molecule has 0 spiro atoms. The van der Waals surface area contributed by atoms with Crippen LogP contribution in [0, 0.1) is 28.7 Å². The maximum atomic E-state index is 4.08. The second kappa shape index (κ2) is 12.4. The van der Waals surface area contributed by atoms with Crippen molar-refractivity contribution in [1.29, 1.82) is 0 Å². The summed E-state index contributed by atoms with van der Waals surface area (Å²) in [6.07, 6.45) is 19.8. The van der Waals surface area contributed by atoms with Gasteiger partial charge in [-0.25, -0.2) is 0 Å². The largest absolute Gasteiger partial charge is 3.00 e. The van der Waals surface area contributed by atoms with Crippen molar-refractivity contribution in [2.45, 2.75) is 86.5 Å². The fourth-order valence-corrected chi connectivity index (χ4v) is 7.84. The molecule has 3 heteroatoms. The Bertz CT molecular complexity index is 2090. The van der Waals surface area contributed by atoms with Crippen LogP contribution in [0.4, 0.5) is 0 Å². The van der Waals surface area contributed by atoms with Crippen LogP contribution in [0.15, 0.2) is 66.3 Å². The van der Waals surface area contributed by atoms with E-state index in [4.69, 9.17) is 0 Å². The van der Waals surface area contributed by atoms with Gasteiger partial charge >= 0.3 is 26.2 Å². The zero-order valence-electron chi connectivity index (χ0n) is 29.0. The van der Waals surface area contributed by atoms with Gasteiger partial charge < -0.3 is 24.8 Å². The molecule has 235 valence electrons. The van der Waals surface area contributed by atoms with Crippen molar-refractivity contribution in [1.82, 2.24) is 0 Å². The van der Waals surface area contributed by atoms with E-state index in [1.807, 2.05) is 0 Å². The minimum Gasteiger partial charge on any atom is -1.00 e. The van der Waals surface area contributed by atoms with Crippen LogP contribution in [-0.4, -0.2) is 0 Å². The van der Waals surface area contributed by atoms with Crippen LogP contribution < -0.4 is 35.3 Å². The second-order valence-electron chi connectivity index (χ2n) is 15.5. The third kappa shape index (κ3) is 5.57. The van der Waals surface area contributed by atoms with Gasteiger partial charge in [0.2, 0.25) is 0 Å². The Labute approximate surface area is 307 Å². The third-order valence-electron chi connectivity index (χ3n) is 10.5. The molecular formula is C43H45Cl2Zr. The van der Waals surface area contributed by atoms with Crippen LogP contribution in [-0.2, 0) is 37.0 Å². The number of hydrogen-bond donors (Lipinski definition) is 0. The molecule has 0 amide bonds. The van der Waals surface area contributed by atoms with Gasteiger partial charge in [-0.15, -0.1) is 33.4 Å². The molecule has 0 nitrogen and oxygen atoms in total. The minimum absolute atomic E-state index is 0. The Morgan fingerprint density at radius 3 is 2.20 bits per heavy atom. The van der Waals surface area contributed by atoms with E-state index in [0.29, 0.717) is 5.92 Å². The van der Waals surface area contributed by atoms with Gasteiger partial charge in [-0.2, -0.15) is 0 Å². The molecule has 46 heavy (non-hydrogen) atoms. The molecule has 3 aromatic rings. The van der Waals surface area contributed by atoms with Crippen LogP contribution in [0.5, 0.6) is 0 Å². The molecule has 0 aromatic heterocycles. The number of halogens is 2. The van der Waals surface area contributed by atoms with Gasteiger partial charge in [0, 0.05) is 10.8 Å². The molecular weight excluding hydrogens is 679 g/mol. The summed E-state index contributed by atoms with van der Waals surface area (Å²) in [4.78, 5) is 0. The summed E-state index contributed by atoms with van der Waals surface area (Å²) >= 11 is 0. The molecule has 0 bridgehead atoms. The summed E-state index contributed by atoms with van der Waals surface area (Å²) in [5.41, 5.74) is 15.3. The molecule has 7 rings (SSSR count). The molecule has 3 aromatic carbocycles. The molecule has 0 fully saturated rings. The van der Waals surface area contributed by atoms with Gasteiger partial charge in [-0.1, -0.05) is 150 Å². The summed E-state index contributed by atoms with van der Waals surface area (Å²) in [5.74, 6) is 0.407. The van der Waals surface area contributed by atoms with E-state index in [1.54, 1.807) is 0 Å². The SMILES string of the molecule is CCC1C=C(C(C)(C)C)C=C1c1c2c(c(=C(C)c3ccc(C)cc3)c3c1[C-]=c1cc4c(cc1=3)C=CC4(C)C)C=CC2(C)C.[Cl-].[Cl-].[Zr+3]. The van der Waals surface area contributed by atoms with Crippen LogP contribution >= 0.6 is 0 Å². The topological polar surface area (TPSA) is 0 Å². The molecule has 1 atom stereocenters. The number of rotatable bonds is 3. The van der Waals surface area contributed by atoms with Crippen molar-refractivity contribution >= 4 is 29.4 Å². The Balaban J connectivity index is 0.00000160. The van der Waals surface area contributed by atoms with Gasteiger partial charge in [0.05, 0.1) is 0 Å². The van der Waals surface area contributed by atoms with E-state index in [1.165, 1.54) is 82.1 Å². The van der Waals surface area contributed by atoms with Crippen molar-refractivity contribution in [2.75, 3.05) is 0 Å². The fraction of sp³-hybridized carbons (Fsp3) is 0.349.